The molecule has 1 heterocycles. The Hall–Kier alpha value is -1.32. The Morgan fingerprint density at radius 2 is 2.10 bits per heavy atom. The molecular formula is C16H20ClN3. The normalized spacial score (nSPS) is 18.0. The van der Waals surface area contributed by atoms with Crippen molar-refractivity contribution in [2.75, 3.05) is 0 Å². The van der Waals surface area contributed by atoms with Gasteiger partial charge in [-0.15, -0.1) is 0 Å². The van der Waals surface area contributed by atoms with E-state index in [2.05, 4.69) is 21.9 Å². The van der Waals surface area contributed by atoms with Gasteiger partial charge in [-0.3, -0.25) is 4.68 Å². The van der Waals surface area contributed by atoms with Crippen LogP contribution in [-0.2, 0) is 19.4 Å². The van der Waals surface area contributed by atoms with Crippen molar-refractivity contribution in [3.63, 3.8) is 0 Å². The van der Waals surface area contributed by atoms with Crippen molar-refractivity contribution in [2.45, 2.75) is 44.7 Å². The highest BCUT2D eigenvalue weighted by atomic mass is 35.5. The summed E-state index contributed by atoms with van der Waals surface area (Å²) in [5.41, 5.74) is 10.1. The largest absolute Gasteiger partial charge is 0.324 e. The van der Waals surface area contributed by atoms with Crippen LogP contribution in [-0.4, -0.2) is 9.78 Å². The molecule has 0 radical (unpaired) electrons. The molecule has 0 spiro atoms. The van der Waals surface area contributed by atoms with Crippen molar-refractivity contribution < 1.29 is 0 Å². The first-order valence-electron chi connectivity index (χ1n) is 7.28. The maximum Gasteiger partial charge on any atom is 0.0540 e. The van der Waals surface area contributed by atoms with Crippen LogP contribution in [0.5, 0.6) is 0 Å². The molecule has 0 bridgehead atoms. The second kappa shape index (κ2) is 5.98. The molecular weight excluding hydrogens is 270 g/mol. The average Bonchev–Trinajstić information content (AvgIpc) is 2.86. The monoisotopic (exact) mass is 289 g/mol. The lowest BCUT2D eigenvalue weighted by Gasteiger charge is -2.19. The van der Waals surface area contributed by atoms with Gasteiger partial charge < -0.3 is 5.73 Å². The SMILES string of the molecule is NC1CCCc2c1cnn2CCCc1ccc(Cl)cc1. The van der Waals surface area contributed by atoms with E-state index in [4.69, 9.17) is 17.3 Å². The van der Waals surface area contributed by atoms with Crippen molar-refractivity contribution in [1.29, 1.82) is 0 Å². The molecule has 20 heavy (non-hydrogen) atoms. The number of halogens is 1. The Labute approximate surface area is 124 Å². The molecule has 2 aromatic rings. The second-order valence-corrected chi connectivity index (χ2v) is 5.93. The van der Waals surface area contributed by atoms with E-state index >= 15 is 0 Å². The number of rotatable bonds is 4. The van der Waals surface area contributed by atoms with Crippen LogP contribution in [0.15, 0.2) is 30.5 Å². The topological polar surface area (TPSA) is 43.8 Å². The van der Waals surface area contributed by atoms with Crippen molar-refractivity contribution in [2.24, 2.45) is 5.73 Å². The molecule has 2 N–H and O–H groups in total. The number of benzene rings is 1. The van der Waals surface area contributed by atoms with Crippen LogP contribution in [0.1, 0.15) is 42.1 Å². The highest BCUT2D eigenvalue weighted by Crippen LogP contribution is 2.27. The van der Waals surface area contributed by atoms with Gasteiger partial charge in [0.15, 0.2) is 0 Å². The smallest absolute Gasteiger partial charge is 0.0540 e. The Bertz CT molecular complexity index is 574. The molecule has 1 atom stereocenters. The van der Waals surface area contributed by atoms with E-state index < -0.39 is 0 Å². The number of nitrogens with zero attached hydrogens (tertiary/aromatic N) is 2. The zero-order valence-corrected chi connectivity index (χ0v) is 12.3. The quantitative estimate of drug-likeness (QED) is 0.936. The maximum absolute atomic E-state index is 6.13. The van der Waals surface area contributed by atoms with Crippen molar-refractivity contribution in [1.82, 2.24) is 9.78 Å². The lowest BCUT2D eigenvalue weighted by molar-refractivity contribution is 0.509. The maximum atomic E-state index is 6.13. The zero-order chi connectivity index (χ0) is 13.9. The molecule has 0 fully saturated rings. The minimum Gasteiger partial charge on any atom is -0.324 e. The van der Waals surface area contributed by atoms with Gasteiger partial charge in [0.05, 0.1) is 6.20 Å². The summed E-state index contributed by atoms with van der Waals surface area (Å²) in [7, 11) is 0. The number of aryl methyl sites for hydroxylation is 2. The summed E-state index contributed by atoms with van der Waals surface area (Å²) in [6.45, 7) is 0.963. The molecule has 4 heteroatoms. The summed E-state index contributed by atoms with van der Waals surface area (Å²) < 4.78 is 2.14. The van der Waals surface area contributed by atoms with E-state index in [1.165, 1.54) is 23.2 Å². The molecule has 1 aliphatic rings. The summed E-state index contributed by atoms with van der Waals surface area (Å²) >= 11 is 5.89. The number of hydrogen-bond donors (Lipinski definition) is 1. The van der Waals surface area contributed by atoms with E-state index in [9.17, 15) is 0 Å². The molecule has 0 saturated heterocycles. The summed E-state index contributed by atoms with van der Waals surface area (Å²) in [5, 5.41) is 5.30. The van der Waals surface area contributed by atoms with E-state index in [1.54, 1.807) is 0 Å². The molecule has 0 aliphatic heterocycles. The Morgan fingerprint density at radius 1 is 1.30 bits per heavy atom. The third-order valence-electron chi connectivity index (χ3n) is 4.06. The Kier molecular flexibility index (Phi) is 4.08. The number of nitrogens with two attached hydrogens (primary N) is 1. The van der Waals surface area contributed by atoms with Gasteiger partial charge in [0.1, 0.15) is 0 Å². The van der Waals surface area contributed by atoms with Gasteiger partial charge in [-0.25, -0.2) is 0 Å². The predicted molar refractivity (Wildman–Crippen MR) is 81.9 cm³/mol. The summed E-state index contributed by atoms with van der Waals surface area (Å²) in [5.74, 6) is 0. The zero-order valence-electron chi connectivity index (χ0n) is 11.6. The highest BCUT2D eigenvalue weighted by Gasteiger charge is 2.20. The van der Waals surface area contributed by atoms with Gasteiger partial charge in [0, 0.05) is 28.9 Å². The predicted octanol–water partition coefficient (Wildman–Crippen LogP) is 3.51. The fourth-order valence-electron chi connectivity index (χ4n) is 2.93. The molecule has 1 unspecified atom stereocenters. The van der Waals surface area contributed by atoms with E-state index in [1.807, 2.05) is 18.3 Å². The van der Waals surface area contributed by atoms with E-state index in [0.29, 0.717) is 0 Å². The minimum atomic E-state index is 0.184. The second-order valence-electron chi connectivity index (χ2n) is 5.50. The van der Waals surface area contributed by atoms with Gasteiger partial charge >= 0.3 is 0 Å². The van der Waals surface area contributed by atoms with Crippen LogP contribution in [0.3, 0.4) is 0 Å². The van der Waals surface area contributed by atoms with Crippen LogP contribution in [0.4, 0.5) is 0 Å². The van der Waals surface area contributed by atoms with Crippen molar-refractivity contribution >= 4 is 11.6 Å². The third-order valence-corrected chi connectivity index (χ3v) is 4.31. The lowest BCUT2D eigenvalue weighted by atomic mass is 9.94. The molecule has 3 nitrogen and oxygen atoms in total. The Morgan fingerprint density at radius 3 is 2.90 bits per heavy atom. The van der Waals surface area contributed by atoms with Gasteiger partial charge in [-0.1, -0.05) is 23.7 Å². The van der Waals surface area contributed by atoms with E-state index in [0.717, 1.165) is 37.3 Å². The molecule has 1 aromatic carbocycles. The number of fused-ring (bicyclic) bond motifs is 1. The van der Waals surface area contributed by atoms with Crippen molar-refractivity contribution in [3.8, 4) is 0 Å². The standard InChI is InChI=1S/C16H20ClN3/c17-13-8-6-12(7-9-13)3-2-10-20-16-5-1-4-15(18)14(16)11-19-20/h6-9,11,15H,1-5,10,18H2. The lowest BCUT2D eigenvalue weighted by Crippen LogP contribution is -2.18. The fourth-order valence-corrected chi connectivity index (χ4v) is 3.06. The first-order valence-corrected chi connectivity index (χ1v) is 7.66. The highest BCUT2D eigenvalue weighted by molar-refractivity contribution is 6.30. The van der Waals surface area contributed by atoms with Crippen LogP contribution in [0, 0.1) is 0 Å². The molecule has 0 amide bonds. The fraction of sp³-hybridized carbons (Fsp3) is 0.438. The van der Waals surface area contributed by atoms with Gasteiger partial charge in [-0.05, 0) is 49.8 Å². The first kappa shape index (κ1) is 13.7. The summed E-state index contributed by atoms with van der Waals surface area (Å²) in [6.07, 6.45) is 7.48. The van der Waals surface area contributed by atoms with E-state index in [-0.39, 0.29) is 6.04 Å². The van der Waals surface area contributed by atoms with Crippen LogP contribution in [0.25, 0.3) is 0 Å². The molecule has 1 aromatic heterocycles. The van der Waals surface area contributed by atoms with Gasteiger partial charge in [0.2, 0.25) is 0 Å². The average molecular weight is 290 g/mol. The molecule has 106 valence electrons. The van der Waals surface area contributed by atoms with Gasteiger partial charge in [0.25, 0.3) is 0 Å². The number of aromatic nitrogens is 2. The van der Waals surface area contributed by atoms with Crippen molar-refractivity contribution in [3.05, 3.63) is 52.3 Å². The molecule has 0 saturated carbocycles. The molecule has 3 rings (SSSR count). The summed E-state index contributed by atoms with van der Waals surface area (Å²) in [4.78, 5) is 0. The minimum absolute atomic E-state index is 0.184. The van der Waals surface area contributed by atoms with Crippen LogP contribution >= 0.6 is 11.6 Å². The summed E-state index contributed by atoms with van der Waals surface area (Å²) in [6, 6.07) is 8.27. The first-order chi connectivity index (χ1) is 9.74. The third kappa shape index (κ3) is 2.89. The Balaban J connectivity index is 1.60. The molecule has 1 aliphatic carbocycles. The number of hydrogen-bond acceptors (Lipinski definition) is 2. The van der Waals surface area contributed by atoms with Gasteiger partial charge in [-0.2, -0.15) is 5.10 Å². The van der Waals surface area contributed by atoms with Crippen LogP contribution in [0.2, 0.25) is 5.02 Å². The van der Waals surface area contributed by atoms with Crippen LogP contribution < -0.4 is 5.73 Å².